The Morgan fingerprint density at radius 3 is 3.00 bits per heavy atom. The standard InChI is InChI=1S/C14H17N/c1-2-13-7-3-4-8-14(13)10-12-6-5-9-15-11-12/h1,3-4,7-8,12,15H,5-6,9-11H2. The van der Waals surface area contributed by atoms with E-state index in [2.05, 4.69) is 23.4 Å². The van der Waals surface area contributed by atoms with Crippen LogP contribution in [-0.4, -0.2) is 13.1 Å². The Bertz CT molecular complexity index is 356. The molecule has 0 amide bonds. The summed E-state index contributed by atoms with van der Waals surface area (Å²) in [6.45, 7) is 2.31. The van der Waals surface area contributed by atoms with Gasteiger partial charge >= 0.3 is 0 Å². The van der Waals surface area contributed by atoms with E-state index in [1.54, 1.807) is 0 Å². The van der Waals surface area contributed by atoms with E-state index < -0.39 is 0 Å². The minimum absolute atomic E-state index is 0.758. The fourth-order valence-corrected chi connectivity index (χ4v) is 2.25. The molecule has 0 aromatic heterocycles. The van der Waals surface area contributed by atoms with Crippen molar-refractivity contribution < 1.29 is 0 Å². The van der Waals surface area contributed by atoms with Gasteiger partial charge in [-0.1, -0.05) is 24.1 Å². The molecular formula is C14H17N. The molecule has 1 atom stereocenters. The molecule has 0 aliphatic carbocycles. The van der Waals surface area contributed by atoms with Crippen LogP contribution < -0.4 is 5.32 Å². The lowest BCUT2D eigenvalue weighted by atomic mass is 9.90. The molecule has 15 heavy (non-hydrogen) atoms. The first kappa shape index (κ1) is 10.3. The lowest BCUT2D eigenvalue weighted by Crippen LogP contribution is -2.30. The van der Waals surface area contributed by atoms with Crippen LogP contribution in [0.15, 0.2) is 24.3 Å². The van der Waals surface area contributed by atoms with Gasteiger partial charge in [-0.3, -0.25) is 0 Å². The monoisotopic (exact) mass is 199 g/mol. The van der Waals surface area contributed by atoms with Crippen molar-refractivity contribution in [1.82, 2.24) is 5.32 Å². The molecule has 0 saturated carbocycles. The van der Waals surface area contributed by atoms with Gasteiger partial charge in [-0.2, -0.15) is 0 Å². The first-order chi connectivity index (χ1) is 7.40. The van der Waals surface area contributed by atoms with Crippen molar-refractivity contribution in [3.63, 3.8) is 0 Å². The van der Waals surface area contributed by atoms with Crippen LogP contribution in [0, 0.1) is 18.3 Å². The van der Waals surface area contributed by atoms with E-state index >= 15 is 0 Å². The molecule has 1 saturated heterocycles. The maximum absolute atomic E-state index is 5.49. The van der Waals surface area contributed by atoms with E-state index in [1.807, 2.05) is 12.1 Å². The normalized spacial score (nSPS) is 20.9. The van der Waals surface area contributed by atoms with Crippen LogP contribution in [0.25, 0.3) is 0 Å². The molecule has 1 fully saturated rings. The molecule has 1 unspecified atom stereocenters. The smallest absolute Gasteiger partial charge is 0.0274 e. The molecule has 78 valence electrons. The molecule has 1 nitrogen and oxygen atoms in total. The topological polar surface area (TPSA) is 12.0 Å². The van der Waals surface area contributed by atoms with Gasteiger partial charge in [0.2, 0.25) is 0 Å². The van der Waals surface area contributed by atoms with Gasteiger partial charge in [-0.15, -0.1) is 6.42 Å². The Balaban J connectivity index is 2.06. The first-order valence-corrected chi connectivity index (χ1v) is 5.65. The predicted octanol–water partition coefficient (Wildman–Crippen LogP) is 2.21. The van der Waals surface area contributed by atoms with Gasteiger partial charge in [-0.05, 0) is 49.9 Å². The highest BCUT2D eigenvalue weighted by Crippen LogP contribution is 2.18. The van der Waals surface area contributed by atoms with Gasteiger partial charge in [0.1, 0.15) is 0 Å². The first-order valence-electron chi connectivity index (χ1n) is 5.65. The van der Waals surface area contributed by atoms with Gasteiger partial charge in [-0.25, -0.2) is 0 Å². The van der Waals surface area contributed by atoms with E-state index in [1.165, 1.54) is 24.9 Å². The van der Waals surface area contributed by atoms with E-state index in [0.717, 1.165) is 24.4 Å². The minimum atomic E-state index is 0.758. The van der Waals surface area contributed by atoms with Crippen LogP contribution in [0.2, 0.25) is 0 Å². The molecule has 1 heterocycles. The molecule has 1 N–H and O–H groups in total. The second kappa shape index (κ2) is 5.00. The zero-order valence-electron chi connectivity index (χ0n) is 9.00. The molecule has 1 aliphatic heterocycles. The third-order valence-electron chi connectivity index (χ3n) is 3.08. The Kier molecular flexibility index (Phi) is 3.42. The summed E-state index contributed by atoms with van der Waals surface area (Å²) < 4.78 is 0. The Labute approximate surface area is 91.9 Å². The summed E-state index contributed by atoms with van der Waals surface area (Å²) in [4.78, 5) is 0. The number of nitrogens with one attached hydrogen (secondary N) is 1. The molecule has 1 aromatic rings. The molecule has 0 bridgehead atoms. The summed E-state index contributed by atoms with van der Waals surface area (Å²) in [7, 11) is 0. The Hall–Kier alpha value is -1.26. The van der Waals surface area contributed by atoms with Crippen LogP contribution in [-0.2, 0) is 6.42 Å². The van der Waals surface area contributed by atoms with Crippen LogP contribution in [0.4, 0.5) is 0 Å². The van der Waals surface area contributed by atoms with E-state index in [0.29, 0.717) is 0 Å². The summed E-state index contributed by atoms with van der Waals surface area (Å²) in [5, 5.41) is 3.44. The zero-order valence-corrected chi connectivity index (χ0v) is 9.00. The fourth-order valence-electron chi connectivity index (χ4n) is 2.25. The quantitative estimate of drug-likeness (QED) is 0.720. The van der Waals surface area contributed by atoms with Crippen molar-refractivity contribution in [2.45, 2.75) is 19.3 Å². The number of hydrogen-bond donors (Lipinski definition) is 1. The predicted molar refractivity (Wildman–Crippen MR) is 63.7 cm³/mol. The lowest BCUT2D eigenvalue weighted by molar-refractivity contribution is 0.376. The van der Waals surface area contributed by atoms with Crippen LogP contribution in [0.5, 0.6) is 0 Å². The summed E-state index contributed by atoms with van der Waals surface area (Å²) in [5.41, 5.74) is 2.39. The SMILES string of the molecule is C#Cc1ccccc1CC1CCCNC1. The summed E-state index contributed by atoms with van der Waals surface area (Å²) in [5.74, 6) is 3.52. The lowest BCUT2D eigenvalue weighted by Gasteiger charge is -2.23. The minimum Gasteiger partial charge on any atom is -0.316 e. The molecule has 1 aromatic carbocycles. The van der Waals surface area contributed by atoms with Crippen molar-refractivity contribution >= 4 is 0 Å². The molecule has 0 spiro atoms. The summed E-state index contributed by atoms with van der Waals surface area (Å²) in [6.07, 6.45) is 9.23. The van der Waals surface area contributed by atoms with Gasteiger partial charge in [0, 0.05) is 5.56 Å². The highest BCUT2D eigenvalue weighted by molar-refractivity contribution is 5.39. The molecule has 1 aliphatic rings. The second-order valence-corrected chi connectivity index (χ2v) is 4.22. The number of rotatable bonds is 2. The molecule has 2 rings (SSSR count). The van der Waals surface area contributed by atoms with Gasteiger partial charge in [0.15, 0.2) is 0 Å². The Morgan fingerprint density at radius 2 is 2.27 bits per heavy atom. The Morgan fingerprint density at radius 1 is 1.40 bits per heavy atom. The highest BCUT2D eigenvalue weighted by Gasteiger charge is 2.14. The van der Waals surface area contributed by atoms with Gasteiger partial charge in [0.25, 0.3) is 0 Å². The molecular weight excluding hydrogens is 182 g/mol. The number of piperidine rings is 1. The van der Waals surface area contributed by atoms with E-state index in [4.69, 9.17) is 6.42 Å². The highest BCUT2D eigenvalue weighted by atomic mass is 14.9. The second-order valence-electron chi connectivity index (χ2n) is 4.22. The van der Waals surface area contributed by atoms with Crippen molar-refractivity contribution in [1.29, 1.82) is 0 Å². The van der Waals surface area contributed by atoms with Crippen LogP contribution >= 0.6 is 0 Å². The zero-order chi connectivity index (χ0) is 10.5. The van der Waals surface area contributed by atoms with Crippen molar-refractivity contribution in [3.05, 3.63) is 35.4 Å². The third-order valence-corrected chi connectivity index (χ3v) is 3.08. The van der Waals surface area contributed by atoms with Crippen molar-refractivity contribution in [3.8, 4) is 12.3 Å². The molecule has 1 heteroatoms. The average molecular weight is 199 g/mol. The number of terminal acetylenes is 1. The van der Waals surface area contributed by atoms with Crippen LogP contribution in [0.3, 0.4) is 0 Å². The summed E-state index contributed by atoms with van der Waals surface area (Å²) in [6, 6.07) is 8.28. The third kappa shape index (κ3) is 2.61. The number of hydrogen-bond acceptors (Lipinski definition) is 1. The van der Waals surface area contributed by atoms with Gasteiger partial charge < -0.3 is 5.32 Å². The van der Waals surface area contributed by atoms with Crippen molar-refractivity contribution in [2.24, 2.45) is 5.92 Å². The summed E-state index contributed by atoms with van der Waals surface area (Å²) >= 11 is 0. The maximum Gasteiger partial charge on any atom is 0.0274 e. The number of benzene rings is 1. The van der Waals surface area contributed by atoms with E-state index in [9.17, 15) is 0 Å². The van der Waals surface area contributed by atoms with Gasteiger partial charge in [0.05, 0.1) is 0 Å². The van der Waals surface area contributed by atoms with E-state index in [-0.39, 0.29) is 0 Å². The largest absolute Gasteiger partial charge is 0.316 e. The van der Waals surface area contributed by atoms with Crippen LogP contribution in [0.1, 0.15) is 24.0 Å². The van der Waals surface area contributed by atoms with Crippen molar-refractivity contribution in [2.75, 3.05) is 13.1 Å². The average Bonchev–Trinajstić information content (AvgIpc) is 2.31. The fraction of sp³-hybridized carbons (Fsp3) is 0.429. The maximum atomic E-state index is 5.49. The molecule has 0 radical (unpaired) electrons.